The summed E-state index contributed by atoms with van der Waals surface area (Å²) in [6, 6.07) is 4.94. The van der Waals surface area contributed by atoms with E-state index in [2.05, 4.69) is 24.1 Å². The van der Waals surface area contributed by atoms with E-state index in [1.165, 1.54) is 11.8 Å². The van der Waals surface area contributed by atoms with Crippen LogP contribution in [0.1, 0.15) is 53.5 Å². The molecule has 9 heteroatoms. The van der Waals surface area contributed by atoms with Gasteiger partial charge >= 0.3 is 6.09 Å². The molecular formula is C25H32ClN3O5. The van der Waals surface area contributed by atoms with Crippen molar-refractivity contribution in [3.63, 3.8) is 0 Å². The molecular weight excluding hydrogens is 458 g/mol. The van der Waals surface area contributed by atoms with E-state index in [1.807, 2.05) is 20.8 Å². The number of carboxylic acid groups (broad SMARTS) is 1. The Morgan fingerprint density at radius 2 is 1.97 bits per heavy atom. The number of halogens is 1. The molecule has 0 aliphatic carbocycles. The van der Waals surface area contributed by atoms with Crippen LogP contribution in [-0.4, -0.2) is 45.2 Å². The molecule has 0 saturated heterocycles. The average Bonchev–Trinajstić information content (AvgIpc) is 2.70. The Kier molecular flexibility index (Phi) is 7.60. The quantitative estimate of drug-likeness (QED) is 0.507. The molecule has 2 heterocycles. The number of rotatable bonds is 7. The van der Waals surface area contributed by atoms with Gasteiger partial charge in [-0.05, 0) is 50.8 Å². The molecule has 3 rings (SSSR count). The number of aromatic nitrogens is 1. The number of carbonyl (C=O) groups excluding carboxylic acids is 1. The number of fused-ring (bicyclic) bond motifs is 3. The lowest BCUT2D eigenvalue weighted by Crippen LogP contribution is -2.53. The molecule has 1 aliphatic rings. The number of carbonyl (C=O) groups is 2. The molecule has 0 fully saturated rings. The number of benzene rings is 1. The van der Waals surface area contributed by atoms with Crippen molar-refractivity contribution in [3.8, 4) is 22.6 Å². The van der Waals surface area contributed by atoms with E-state index in [-0.39, 0.29) is 24.5 Å². The van der Waals surface area contributed by atoms with Gasteiger partial charge in [0.25, 0.3) is 0 Å². The van der Waals surface area contributed by atoms with Gasteiger partial charge in [-0.25, -0.2) is 9.78 Å². The molecule has 0 bridgehead atoms. The van der Waals surface area contributed by atoms with Crippen LogP contribution >= 0.6 is 11.6 Å². The lowest BCUT2D eigenvalue weighted by Gasteiger charge is -2.40. The first-order chi connectivity index (χ1) is 15.9. The van der Waals surface area contributed by atoms with Crippen molar-refractivity contribution in [2.45, 2.75) is 66.2 Å². The van der Waals surface area contributed by atoms with Crippen LogP contribution in [0.2, 0.25) is 5.02 Å². The second kappa shape index (κ2) is 10.1. The molecule has 1 aromatic heterocycles. The highest BCUT2D eigenvalue weighted by Gasteiger charge is 2.34. The van der Waals surface area contributed by atoms with Crippen molar-refractivity contribution in [2.75, 3.05) is 11.9 Å². The van der Waals surface area contributed by atoms with E-state index in [0.29, 0.717) is 35.4 Å². The minimum atomic E-state index is -0.984. The van der Waals surface area contributed by atoms with E-state index in [1.54, 1.807) is 24.4 Å². The Balaban J connectivity index is 1.88. The van der Waals surface area contributed by atoms with Crippen LogP contribution in [0.4, 0.5) is 10.6 Å². The number of ether oxygens (including phenoxy) is 2. The summed E-state index contributed by atoms with van der Waals surface area (Å²) in [5, 5.41) is 12.9. The third kappa shape index (κ3) is 5.91. The van der Waals surface area contributed by atoms with Crippen molar-refractivity contribution in [3.05, 3.63) is 35.0 Å². The number of nitrogens with zero attached hydrogens (tertiary/aromatic N) is 2. The van der Waals surface area contributed by atoms with Crippen molar-refractivity contribution >= 4 is 29.4 Å². The summed E-state index contributed by atoms with van der Waals surface area (Å²) in [4.78, 5) is 29.2. The summed E-state index contributed by atoms with van der Waals surface area (Å²) in [7, 11) is 0. The molecule has 2 amide bonds. The van der Waals surface area contributed by atoms with Crippen molar-refractivity contribution in [1.29, 1.82) is 0 Å². The highest BCUT2D eigenvalue weighted by atomic mass is 35.5. The van der Waals surface area contributed by atoms with Crippen molar-refractivity contribution in [2.24, 2.45) is 5.92 Å². The average molecular weight is 490 g/mol. The van der Waals surface area contributed by atoms with E-state index in [9.17, 15) is 14.7 Å². The highest BCUT2D eigenvalue weighted by molar-refractivity contribution is 6.32. The zero-order valence-corrected chi connectivity index (χ0v) is 21.2. The second-order valence-electron chi connectivity index (χ2n) is 9.89. The van der Waals surface area contributed by atoms with E-state index in [0.717, 1.165) is 16.7 Å². The monoisotopic (exact) mass is 489 g/mol. The third-order valence-electron chi connectivity index (χ3n) is 5.47. The molecule has 184 valence electrons. The lowest BCUT2D eigenvalue weighted by atomic mass is 9.97. The Morgan fingerprint density at radius 3 is 2.56 bits per heavy atom. The lowest BCUT2D eigenvalue weighted by molar-refractivity contribution is -0.114. The van der Waals surface area contributed by atoms with Gasteiger partial charge < -0.3 is 19.9 Å². The number of amides is 2. The molecule has 34 heavy (non-hydrogen) atoms. The van der Waals surface area contributed by atoms with Gasteiger partial charge in [-0.2, -0.15) is 0 Å². The fourth-order valence-electron chi connectivity index (χ4n) is 4.20. The zero-order valence-electron chi connectivity index (χ0n) is 20.4. The summed E-state index contributed by atoms with van der Waals surface area (Å²) < 4.78 is 12.0. The second-order valence-corrected chi connectivity index (χ2v) is 10.3. The van der Waals surface area contributed by atoms with Gasteiger partial charge in [0.15, 0.2) is 0 Å². The van der Waals surface area contributed by atoms with Crippen LogP contribution in [0.5, 0.6) is 11.5 Å². The summed E-state index contributed by atoms with van der Waals surface area (Å²) >= 11 is 6.58. The van der Waals surface area contributed by atoms with E-state index < -0.39 is 11.6 Å². The minimum Gasteiger partial charge on any atom is -0.490 e. The van der Waals surface area contributed by atoms with E-state index >= 15 is 0 Å². The molecule has 0 spiro atoms. The van der Waals surface area contributed by atoms with Crippen molar-refractivity contribution < 1.29 is 24.2 Å². The molecule has 1 aromatic carbocycles. The Hall–Kier alpha value is -3.00. The number of hydrogen-bond acceptors (Lipinski definition) is 5. The number of anilines is 1. The minimum absolute atomic E-state index is 0.160. The molecule has 1 unspecified atom stereocenters. The predicted molar refractivity (Wildman–Crippen MR) is 132 cm³/mol. The van der Waals surface area contributed by atoms with Crippen molar-refractivity contribution in [1.82, 2.24) is 9.88 Å². The SMILES string of the molecule is CC(=O)Nc1cc2c(cn1)COc1cc(OCC(CC(C)C)N(C(=O)O)C(C)(C)C)c(Cl)cc1-2. The van der Waals surface area contributed by atoms with Gasteiger partial charge in [0.2, 0.25) is 5.91 Å². The number of pyridine rings is 1. The first kappa shape index (κ1) is 25.6. The summed E-state index contributed by atoms with van der Waals surface area (Å²) in [6.07, 6.45) is 1.34. The molecule has 8 nitrogen and oxygen atoms in total. The molecule has 2 aromatic rings. The van der Waals surface area contributed by atoms with Crippen LogP contribution in [0.25, 0.3) is 11.1 Å². The molecule has 1 aliphatic heterocycles. The third-order valence-corrected chi connectivity index (χ3v) is 5.76. The summed E-state index contributed by atoms with van der Waals surface area (Å²) in [5.41, 5.74) is 1.94. The van der Waals surface area contributed by atoms with Gasteiger partial charge in [0.1, 0.15) is 30.5 Å². The first-order valence-corrected chi connectivity index (χ1v) is 11.6. The smallest absolute Gasteiger partial charge is 0.408 e. The molecule has 1 atom stereocenters. The van der Waals surface area contributed by atoms with Gasteiger partial charge in [0.05, 0.1) is 11.1 Å². The Morgan fingerprint density at radius 1 is 1.26 bits per heavy atom. The number of nitrogens with one attached hydrogen (secondary N) is 1. The topological polar surface area (TPSA) is 101 Å². The molecule has 0 saturated carbocycles. The first-order valence-electron chi connectivity index (χ1n) is 11.2. The van der Waals surface area contributed by atoms with Crippen LogP contribution in [0, 0.1) is 5.92 Å². The predicted octanol–water partition coefficient (Wildman–Crippen LogP) is 5.82. The number of hydrogen-bond donors (Lipinski definition) is 2. The Bertz CT molecular complexity index is 1080. The van der Waals surface area contributed by atoms with Crippen LogP contribution in [-0.2, 0) is 11.4 Å². The van der Waals surface area contributed by atoms with Gasteiger partial charge in [0, 0.05) is 35.9 Å². The summed E-state index contributed by atoms with van der Waals surface area (Å²) in [6.45, 7) is 11.6. The molecule has 2 N–H and O–H groups in total. The molecule has 0 radical (unpaired) electrons. The highest BCUT2D eigenvalue weighted by Crippen LogP contribution is 2.43. The van der Waals surface area contributed by atoms with Crippen LogP contribution < -0.4 is 14.8 Å². The zero-order chi connectivity index (χ0) is 25.2. The standard InChI is InChI=1S/C25H32ClN3O5/c1-14(2)7-17(29(24(31)32)25(4,5)6)13-34-22-10-21-19(8-20(22)26)18-9-23(28-15(3)30)27-11-16(18)12-33-21/h8-11,14,17H,7,12-13H2,1-6H3,(H,31,32)(H,27,28,30). The largest absolute Gasteiger partial charge is 0.490 e. The maximum Gasteiger partial charge on any atom is 0.408 e. The summed E-state index contributed by atoms with van der Waals surface area (Å²) in [5.74, 6) is 1.54. The van der Waals surface area contributed by atoms with Gasteiger partial charge in [-0.3, -0.25) is 9.69 Å². The van der Waals surface area contributed by atoms with E-state index in [4.69, 9.17) is 21.1 Å². The van der Waals surface area contributed by atoms with Gasteiger partial charge in [-0.15, -0.1) is 0 Å². The van der Waals surface area contributed by atoms with Gasteiger partial charge in [-0.1, -0.05) is 25.4 Å². The normalized spacial score (nSPS) is 13.4. The van der Waals surface area contributed by atoms with Crippen LogP contribution in [0.15, 0.2) is 24.4 Å². The maximum atomic E-state index is 12.0. The fourth-order valence-corrected chi connectivity index (χ4v) is 4.42. The fraction of sp³-hybridized carbons (Fsp3) is 0.480. The van der Waals surface area contributed by atoms with Crippen LogP contribution in [0.3, 0.4) is 0 Å². The maximum absolute atomic E-state index is 12.0. The Labute approximate surface area is 205 Å².